The van der Waals surface area contributed by atoms with E-state index in [1.165, 1.54) is 51.4 Å². The van der Waals surface area contributed by atoms with Crippen LogP contribution in [0.15, 0.2) is 12.2 Å². The van der Waals surface area contributed by atoms with E-state index in [2.05, 4.69) is 26.0 Å². The number of aliphatic hydroxyl groups is 1. The lowest BCUT2D eigenvalue weighted by atomic mass is 9.45. The first-order valence-corrected chi connectivity index (χ1v) is 9.35. The molecule has 0 radical (unpaired) electrons. The Hall–Kier alpha value is -0.300. The summed E-state index contributed by atoms with van der Waals surface area (Å²) >= 11 is 0. The number of hydrogen-bond donors (Lipinski definition) is 1. The highest BCUT2D eigenvalue weighted by Crippen LogP contribution is 2.65. The van der Waals surface area contributed by atoms with Gasteiger partial charge < -0.3 is 5.11 Å². The van der Waals surface area contributed by atoms with Crippen LogP contribution in [-0.4, -0.2) is 11.7 Å². The molecule has 4 aliphatic rings. The van der Waals surface area contributed by atoms with Crippen LogP contribution < -0.4 is 0 Å². The van der Waals surface area contributed by atoms with Gasteiger partial charge >= 0.3 is 0 Å². The Balaban J connectivity index is 1.59. The van der Waals surface area contributed by atoms with Gasteiger partial charge in [-0.05, 0) is 91.8 Å². The zero-order valence-corrected chi connectivity index (χ0v) is 13.9. The smallest absolute Gasteiger partial charge is 0.0459 e. The summed E-state index contributed by atoms with van der Waals surface area (Å²) in [6, 6.07) is 0. The molecule has 3 fully saturated rings. The minimum atomic E-state index is 0.422. The zero-order valence-electron chi connectivity index (χ0n) is 13.9. The molecule has 0 bridgehead atoms. The molecule has 0 spiro atoms. The summed E-state index contributed by atoms with van der Waals surface area (Å²) in [6.07, 6.45) is 16.1. The molecule has 21 heavy (non-hydrogen) atoms. The number of aliphatic hydroxyl groups excluding tert-OH is 1. The fourth-order valence-corrected chi connectivity index (χ4v) is 7.00. The third kappa shape index (κ3) is 1.99. The predicted octanol–water partition coefficient (Wildman–Crippen LogP) is 4.80. The Bertz CT molecular complexity index is 441. The van der Waals surface area contributed by atoms with Gasteiger partial charge in [0.25, 0.3) is 0 Å². The van der Waals surface area contributed by atoms with Crippen LogP contribution in [0.1, 0.15) is 65.2 Å². The lowest BCUT2D eigenvalue weighted by molar-refractivity contribution is -0.109. The van der Waals surface area contributed by atoms with Gasteiger partial charge in [-0.1, -0.05) is 26.0 Å². The van der Waals surface area contributed by atoms with Crippen LogP contribution >= 0.6 is 0 Å². The fourth-order valence-electron chi connectivity index (χ4n) is 7.00. The first-order valence-electron chi connectivity index (χ1n) is 9.35. The molecule has 1 heteroatoms. The van der Waals surface area contributed by atoms with E-state index in [9.17, 15) is 5.11 Å². The van der Waals surface area contributed by atoms with Crippen LogP contribution in [0.2, 0.25) is 0 Å². The van der Waals surface area contributed by atoms with Crippen LogP contribution in [0, 0.1) is 40.4 Å². The molecular formula is C20H32O. The van der Waals surface area contributed by atoms with Gasteiger partial charge in [0.2, 0.25) is 0 Å². The van der Waals surface area contributed by atoms with Crippen LogP contribution in [0.5, 0.6) is 0 Å². The largest absolute Gasteiger partial charge is 0.396 e. The molecule has 0 aromatic heterocycles. The molecule has 1 nitrogen and oxygen atoms in total. The molecule has 0 aromatic carbocycles. The van der Waals surface area contributed by atoms with Gasteiger partial charge in [0.15, 0.2) is 0 Å². The summed E-state index contributed by atoms with van der Waals surface area (Å²) in [6.45, 7) is 5.56. The van der Waals surface area contributed by atoms with E-state index in [1.54, 1.807) is 0 Å². The van der Waals surface area contributed by atoms with Crippen molar-refractivity contribution in [3.05, 3.63) is 12.2 Å². The average molecular weight is 288 g/mol. The van der Waals surface area contributed by atoms with Crippen molar-refractivity contribution < 1.29 is 5.11 Å². The Morgan fingerprint density at radius 1 is 1.05 bits per heavy atom. The Morgan fingerprint density at radius 3 is 2.71 bits per heavy atom. The Morgan fingerprint density at radius 2 is 1.90 bits per heavy atom. The van der Waals surface area contributed by atoms with Crippen molar-refractivity contribution in [1.29, 1.82) is 0 Å². The summed E-state index contributed by atoms with van der Waals surface area (Å²) in [7, 11) is 0. The highest BCUT2D eigenvalue weighted by atomic mass is 16.3. The molecular weight excluding hydrogens is 256 g/mol. The van der Waals surface area contributed by atoms with Crippen molar-refractivity contribution in [2.45, 2.75) is 65.2 Å². The molecule has 0 aliphatic heterocycles. The average Bonchev–Trinajstić information content (AvgIpc) is 2.88. The maximum Gasteiger partial charge on any atom is 0.0459 e. The van der Waals surface area contributed by atoms with E-state index in [0.29, 0.717) is 23.4 Å². The summed E-state index contributed by atoms with van der Waals surface area (Å²) < 4.78 is 0. The zero-order chi connectivity index (χ0) is 14.7. The highest BCUT2D eigenvalue weighted by Gasteiger charge is 2.56. The third-order valence-electron chi connectivity index (χ3n) is 8.36. The molecule has 118 valence electrons. The molecule has 1 N–H and O–H groups in total. The number of rotatable bonds is 1. The minimum Gasteiger partial charge on any atom is -0.396 e. The van der Waals surface area contributed by atoms with E-state index in [1.807, 2.05) is 0 Å². The number of hydrogen-bond acceptors (Lipinski definition) is 1. The van der Waals surface area contributed by atoms with Crippen LogP contribution in [0.4, 0.5) is 0 Å². The van der Waals surface area contributed by atoms with E-state index >= 15 is 0 Å². The van der Waals surface area contributed by atoms with Crippen LogP contribution in [0.25, 0.3) is 0 Å². The van der Waals surface area contributed by atoms with E-state index < -0.39 is 0 Å². The molecule has 4 aliphatic carbocycles. The maximum absolute atomic E-state index is 9.55. The van der Waals surface area contributed by atoms with Crippen molar-refractivity contribution in [3.8, 4) is 0 Å². The summed E-state index contributed by atoms with van der Waals surface area (Å²) in [5, 5.41) is 9.55. The van der Waals surface area contributed by atoms with Gasteiger partial charge in [0, 0.05) is 6.61 Å². The molecule has 4 rings (SSSR count). The summed E-state index contributed by atoms with van der Waals surface area (Å²) in [5.74, 6) is 4.37. The van der Waals surface area contributed by atoms with Crippen LogP contribution in [-0.2, 0) is 0 Å². The topological polar surface area (TPSA) is 20.2 Å². The van der Waals surface area contributed by atoms with Crippen molar-refractivity contribution in [1.82, 2.24) is 0 Å². The van der Waals surface area contributed by atoms with Crippen molar-refractivity contribution in [2.24, 2.45) is 40.4 Å². The monoisotopic (exact) mass is 288 g/mol. The normalized spacial score (nSPS) is 55.7. The Labute approximate surface area is 130 Å². The van der Waals surface area contributed by atoms with Gasteiger partial charge in [-0.3, -0.25) is 0 Å². The van der Waals surface area contributed by atoms with Gasteiger partial charge in [-0.2, -0.15) is 0 Å². The number of allylic oxidation sites excluding steroid dienone is 2. The molecule has 0 heterocycles. The van der Waals surface area contributed by atoms with Gasteiger partial charge in [0.1, 0.15) is 0 Å². The van der Waals surface area contributed by atoms with E-state index in [0.717, 1.165) is 23.7 Å². The lowest BCUT2D eigenvalue weighted by Crippen LogP contribution is -2.52. The van der Waals surface area contributed by atoms with Crippen molar-refractivity contribution in [3.63, 3.8) is 0 Å². The maximum atomic E-state index is 9.55. The minimum absolute atomic E-state index is 0.422. The molecule has 0 unspecified atom stereocenters. The first kappa shape index (κ1) is 14.3. The van der Waals surface area contributed by atoms with Gasteiger partial charge in [0.05, 0.1) is 0 Å². The molecule has 0 amide bonds. The summed E-state index contributed by atoms with van der Waals surface area (Å²) in [5.41, 5.74) is 1.10. The fraction of sp³-hybridized carbons (Fsp3) is 0.900. The van der Waals surface area contributed by atoms with Crippen molar-refractivity contribution >= 4 is 0 Å². The highest BCUT2D eigenvalue weighted by molar-refractivity contribution is 5.16. The first-order chi connectivity index (χ1) is 10.1. The van der Waals surface area contributed by atoms with Gasteiger partial charge in [-0.25, -0.2) is 0 Å². The van der Waals surface area contributed by atoms with Gasteiger partial charge in [-0.15, -0.1) is 0 Å². The quantitative estimate of drug-likeness (QED) is 0.687. The second-order valence-electron chi connectivity index (χ2n) is 9.16. The van der Waals surface area contributed by atoms with E-state index in [4.69, 9.17) is 0 Å². The number of fused-ring (bicyclic) bond motifs is 5. The van der Waals surface area contributed by atoms with Crippen LogP contribution in [0.3, 0.4) is 0 Å². The molecule has 3 saturated carbocycles. The summed E-state index contributed by atoms with van der Waals surface area (Å²) in [4.78, 5) is 0. The van der Waals surface area contributed by atoms with E-state index in [-0.39, 0.29) is 0 Å². The second-order valence-corrected chi connectivity index (χ2v) is 9.16. The standard InChI is InChI=1S/C20H32O/c1-19-9-3-4-17(19)16-6-5-15-12-14(13-21)7-11-20(15,2)18(16)8-10-19/h3,9,14-18,21H,4-8,10-13H2,1-2H3/t14-,15-,16+,17+,18+,19+,20+/m0/s1. The SMILES string of the molecule is C[C@@]12CC[C@H](CO)C[C@@H]1CC[C@H]1[C@H]2CC[C@@]2(C)C=CC[C@H]12. The molecule has 7 atom stereocenters. The molecule has 0 aromatic rings. The lowest BCUT2D eigenvalue weighted by Gasteiger charge is -2.60. The predicted molar refractivity (Wildman–Crippen MR) is 86.8 cm³/mol. The Kier molecular flexibility index (Phi) is 3.30. The molecule has 0 saturated heterocycles. The van der Waals surface area contributed by atoms with Crippen molar-refractivity contribution in [2.75, 3.05) is 6.61 Å². The second kappa shape index (κ2) is 4.85. The third-order valence-corrected chi connectivity index (χ3v) is 8.36.